The van der Waals surface area contributed by atoms with Crippen molar-refractivity contribution in [1.82, 2.24) is 0 Å². The first-order chi connectivity index (χ1) is 7.15. The van der Waals surface area contributed by atoms with E-state index in [0.29, 0.717) is 0 Å². The normalized spacial score (nSPS) is 24.8. The zero-order chi connectivity index (χ0) is 11.0. The molecule has 0 saturated heterocycles. The van der Waals surface area contributed by atoms with Crippen LogP contribution in [0.1, 0.15) is 24.2 Å². The molecule has 1 aromatic rings. The molecule has 0 aromatic heterocycles. The summed E-state index contributed by atoms with van der Waals surface area (Å²) in [5.74, 6) is 1.71. The molecule has 1 N–H and O–H groups in total. The lowest BCUT2D eigenvalue weighted by atomic mass is 9.99. The third kappa shape index (κ3) is 1.90. The van der Waals surface area contributed by atoms with Crippen molar-refractivity contribution in [2.45, 2.75) is 24.0 Å². The highest BCUT2D eigenvalue weighted by atomic mass is 79.9. The molecule has 0 spiro atoms. The van der Waals surface area contributed by atoms with Crippen LogP contribution >= 0.6 is 27.7 Å². The Hall–Kier alpha value is -0.190. The van der Waals surface area contributed by atoms with Gasteiger partial charge in [0.05, 0.1) is 13.2 Å². The number of aliphatic hydroxyl groups is 1. The molecular weight excluding hydrogens is 276 g/mol. The van der Waals surface area contributed by atoms with Crippen molar-refractivity contribution in [1.29, 1.82) is 0 Å². The summed E-state index contributed by atoms with van der Waals surface area (Å²) in [5, 5.41) is 10.4. The molecule has 0 aliphatic carbocycles. The summed E-state index contributed by atoms with van der Waals surface area (Å²) >= 11 is 5.28. The van der Waals surface area contributed by atoms with Crippen LogP contribution < -0.4 is 4.74 Å². The summed E-state index contributed by atoms with van der Waals surface area (Å²) in [6, 6.07) is 3.87. The van der Waals surface area contributed by atoms with Gasteiger partial charge in [-0.2, -0.15) is 11.8 Å². The van der Waals surface area contributed by atoms with Crippen molar-refractivity contribution in [3.05, 3.63) is 27.7 Å². The molecule has 15 heavy (non-hydrogen) atoms. The maximum atomic E-state index is 10.1. The SMILES string of the molecule is COc1ccc(Br)c2c1C(O)C(C)SC2. The summed E-state index contributed by atoms with van der Waals surface area (Å²) < 4.78 is 6.35. The minimum Gasteiger partial charge on any atom is -0.496 e. The zero-order valence-electron chi connectivity index (χ0n) is 8.66. The van der Waals surface area contributed by atoms with Gasteiger partial charge in [-0.25, -0.2) is 0 Å². The Morgan fingerprint density at radius 3 is 2.93 bits per heavy atom. The van der Waals surface area contributed by atoms with Gasteiger partial charge in [-0.3, -0.25) is 0 Å². The van der Waals surface area contributed by atoms with Gasteiger partial charge in [-0.1, -0.05) is 22.9 Å². The number of rotatable bonds is 1. The van der Waals surface area contributed by atoms with Crippen molar-refractivity contribution in [3.8, 4) is 5.75 Å². The van der Waals surface area contributed by atoms with E-state index in [9.17, 15) is 5.11 Å². The number of thioether (sulfide) groups is 1. The number of hydrogen-bond acceptors (Lipinski definition) is 3. The smallest absolute Gasteiger partial charge is 0.125 e. The number of methoxy groups -OCH3 is 1. The molecule has 0 fully saturated rings. The first kappa shape index (κ1) is 11.3. The van der Waals surface area contributed by atoms with E-state index in [1.165, 1.54) is 0 Å². The molecule has 2 atom stereocenters. The fourth-order valence-electron chi connectivity index (χ4n) is 1.81. The van der Waals surface area contributed by atoms with E-state index < -0.39 is 6.10 Å². The second-order valence-electron chi connectivity index (χ2n) is 3.60. The lowest BCUT2D eigenvalue weighted by molar-refractivity contribution is 0.172. The molecule has 0 radical (unpaired) electrons. The minimum atomic E-state index is -0.439. The Balaban J connectivity index is 2.57. The van der Waals surface area contributed by atoms with E-state index >= 15 is 0 Å². The number of ether oxygens (including phenoxy) is 1. The number of halogens is 1. The lowest BCUT2D eigenvalue weighted by Crippen LogP contribution is -2.19. The predicted octanol–water partition coefficient (Wildman–Crippen LogP) is 3.13. The second kappa shape index (κ2) is 4.36. The van der Waals surface area contributed by atoms with Crippen LogP contribution in [-0.2, 0) is 5.75 Å². The van der Waals surface area contributed by atoms with Crippen molar-refractivity contribution < 1.29 is 9.84 Å². The molecule has 82 valence electrons. The Kier molecular flexibility index (Phi) is 3.28. The van der Waals surface area contributed by atoms with Crippen molar-refractivity contribution in [2.75, 3.05) is 7.11 Å². The molecule has 0 saturated carbocycles. The molecule has 4 heteroatoms. The Morgan fingerprint density at radius 1 is 1.53 bits per heavy atom. The van der Waals surface area contributed by atoms with Gasteiger partial charge in [0.15, 0.2) is 0 Å². The van der Waals surface area contributed by atoms with Crippen LogP contribution in [0.3, 0.4) is 0 Å². The van der Waals surface area contributed by atoms with Crippen LogP contribution in [0.2, 0.25) is 0 Å². The standard InChI is InChI=1S/C11H13BrO2S/c1-6-11(13)10-7(5-15-6)8(12)3-4-9(10)14-2/h3-4,6,11,13H,5H2,1-2H3. The fourth-order valence-corrected chi connectivity index (χ4v) is 3.54. The van der Waals surface area contributed by atoms with E-state index in [-0.39, 0.29) is 5.25 Å². The van der Waals surface area contributed by atoms with E-state index in [1.807, 2.05) is 19.1 Å². The topological polar surface area (TPSA) is 29.5 Å². The molecule has 1 heterocycles. The highest BCUT2D eigenvalue weighted by Crippen LogP contribution is 2.44. The van der Waals surface area contributed by atoms with Crippen molar-refractivity contribution in [3.63, 3.8) is 0 Å². The third-order valence-corrected chi connectivity index (χ3v) is 4.69. The van der Waals surface area contributed by atoms with E-state index in [1.54, 1.807) is 18.9 Å². The van der Waals surface area contributed by atoms with Crippen LogP contribution in [0.4, 0.5) is 0 Å². The van der Waals surface area contributed by atoms with Gasteiger partial charge < -0.3 is 9.84 Å². The maximum absolute atomic E-state index is 10.1. The Bertz CT molecular complexity index is 381. The van der Waals surface area contributed by atoms with Gasteiger partial charge in [-0.05, 0) is 17.7 Å². The molecule has 2 rings (SSSR count). The summed E-state index contributed by atoms with van der Waals surface area (Å²) in [4.78, 5) is 0. The summed E-state index contributed by atoms with van der Waals surface area (Å²) in [7, 11) is 1.64. The number of hydrogen-bond donors (Lipinski definition) is 1. The average molecular weight is 289 g/mol. The zero-order valence-corrected chi connectivity index (χ0v) is 11.1. The van der Waals surface area contributed by atoms with Crippen molar-refractivity contribution in [2.24, 2.45) is 0 Å². The third-order valence-electron chi connectivity index (χ3n) is 2.71. The van der Waals surface area contributed by atoms with Gasteiger partial charge in [0, 0.05) is 21.0 Å². The summed E-state index contributed by atoms with van der Waals surface area (Å²) in [5.41, 5.74) is 2.10. The van der Waals surface area contributed by atoms with Gasteiger partial charge in [0.25, 0.3) is 0 Å². The van der Waals surface area contributed by atoms with Gasteiger partial charge in [-0.15, -0.1) is 0 Å². The van der Waals surface area contributed by atoms with Crippen LogP contribution in [0.5, 0.6) is 5.75 Å². The first-order valence-corrected chi connectivity index (χ1v) is 6.64. The van der Waals surface area contributed by atoms with Crippen LogP contribution in [0.15, 0.2) is 16.6 Å². The molecular formula is C11H13BrO2S. The largest absolute Gasteiger partial charge is 0.496 e. The maximum Gasteiger partial charge on any atom is 0.125 e. The first-order valence-electron chi connectivity index (χ1n) is 4.80. The van der Waals surface area contributed by atoms with Crippen LogP contribution in [0, 0.1) is 0 Å². The molecule has 1 aliphatic rings. The Morgan fingerprint density at radius 2 is 2.27 bits per heavy atom. The number of aliphatic hydroxyl groups excluding tert-OH is 1. The summed E-state index contributed by atoms with van der Waals surface area (Å²) in [6.07, 6.45) is -0.439. The summed E-state index contributed by atoms with van der Waals surface area (Å²) in [6.45, 7) is 2.04. The number of benzene rings is 1. The highest BCUT2D eigenvalue weighted by molar-refractivity contribution is 9.10. The van der Waals surface area contributed by atoms with Crippen LogP contribution in [0.25, 0.3) is 0 Å². The molecule has 1 aliphatic heterocycles. The van der Waals surface area contributed by atoms with E-state index in [4.69, 9.17) is 4.74 Å². The fraction of sp³-hybridized carbons (Fsp3) is 0.455. The Labute approximate surface area is 102 Å². The molecule has 2 unspecified atom stereocenters. The number of fused-ring (bicyclic) bond motifs is 1. The molecule has 0 bridgehead atoms. The van der Waals surface area contributed by atoms with Gasteiger partial charge >= 0.3 is 0 Å². The predicted molar refractivity (Wildman–Crippen MR) is 66.4 cm³/mol. The second-order valence-corrected chi connectivity index (χ2v) is 5.82. The highest BCUT2D eigenvalue weighted by Gasteiger charge is 2.29. The van der Waals surface area contributed by atoms with Gasteiger partial charge in [0.2, 0.25) is 0 Å². The van der Waals surface area contributed by atoms with E-state index in [0.717, 1.165) is 27.1 Å². The van der Waals surface area contributed by atoms with Crippen molar-refractivity contribution >= 4 is 27.7 Å². The minimum absolute atomic E-state index is 0.223. The molecule has 1 aromatic carbocycles. The average Bonchev–Trinajstić information content (AvgIpc) is 2.24. The van der Waals surface area contributed by atoms with Gasteiger partial charge in [0.1, 0.15) is 5.75 Å². The molecule has 0 amide bonds. The lowest BCUT2D eigenvalue weighted by Gasteiger charge is -2.29. The molecule has 2 nitrogen and oxygen atoms in total. The monoisotopic (exact) mass is 288 g/mol. The van der Waals surface area contributed by atoms with E-state index in [2.05, 4.69) is 15.9 Å². The quantitative estimate of drug-likeness (QED) is 0.861. The van der Waals surface area contributed by atoms with Crippen LogP contribution in [-0.4, -0.2) is 17.5 Å².